The molecule has 4 aromatic carbocycles. The van der Waals surface area contributed by atoms with Crippen LogP contribution in [0.25, 0.3) is 11.1 Å². The normalized spacial score (nSPS) is 11.8. The number of aliphatic carboxylic acids is 2. The van der Waals surface area contributed by atoms with E-state index < -0.39 is 42.2 Å². The number of pyridine rings is 2. The first-order valence-electron chi connectivity index (χ1n) is 22.5. The van der Waals surface area contributed by atoms with Crippen LogP contribution in [0.5, 0.6) is 23.5 Å². The van der Waals surface area contributed by atoms with E-state index in [0.717, 1.165) is 33.4 Å². The number of nitriles is 2. The van der Waals surface area contributed by atoms with Crippen LogP contribution in [0.15, 0.2) is 93.9 Å². The number of hydrogen-bond donors (Lipinski definition) is 5. The number of ether oxygens (including phenoxy) is 4. The fourth-order valence-electron chi connectivity index (χ4n) is 7.58. The average Bonchev–Trinajstić information content (AvgIpc) is 3.34. The number of aromatic nitrogens is 2. The van der Waals surface area contributed by atoms with E-state index in [0.29, 0.717) is 44.0 Å². The van der Waals surface area contributed by atoms with Gasteiger partial charge >= 0.3 is 11.9 Å². The van der Waals surface area contributed by atoms with Gasteiger partial charge in [0.2, 0.25) is 23.5 Å². The molecular weight excluding hydrogens is 1060 g/mol. The Kier molecular flexibility index (Phi) is 19.6. The lowest BCUT2D eigenvalue weighted by atomic mass is 9.92. The maximum absolute atomic E-state index is 14.1. The van der Waals surface area contributed by atoms with Crippen molar-refractivity contribution >= 4 is 43.8 Å². The second kappa shape index (κ2) is 25.9. The first kappa shape index (κ1) is 54.3. The molecular formula is C53H49Br2F2N5O10. The van der Waals surface area contributed by atoms with E-state index in [1.165, 1.54) is 36.4 Å². The fourth-order valence-corrected chi connectivity index (χ4v) is 8.54. The van der Waals surface area contributed by atoms with Crippen molar-refractivity contribution in [2.75, 3.05) is 6.54 Å². The second-order valence-electron chi connectivity index (χ2n) is 16.7. The van der Waals surface area contributed by atoms with Gasteiger partial charge in [0, 0.05) is 24.2 Å². The van der Waals surface area contributed by atoms with E-state index in [-0.39, 0.29) is 87.0 Å². The minimum Gasteiger partial charge on any atom is -0.481 e. The zero-order valence-corrected chi connectivity index (χ0v) is 42.2. The average molecular weight is 1110 g/mol. The molecule has 0 saturated heterocycles. The lowest BCUT2D eigenvalue weighted by Gasteiger charge is -2.18. The van der Waals surface area contributed by atoms with Crippen molar-refractivity contribution in [1.29, 1.82) is 10.5 Å². The Bertz CT molecular complexity index is 2820. The first-order valence-corrected chi connectivity index (χ1v) is 24.1. The number of aryl methyl sites for hydroxylation is 1. The summed E-state index contributed by atoms with van der Waals surface area (Å²) < 4.78 is 54.0. The number of carboxylic acids is 2. The molecule has 2 heterocycles. The summed E-state index contributed by atoms with van der Waals surface area (Å²) in [6.07, 6.45) is -1.92. The van der Waals surface area contributed by atoms with Crippen molar-refractivity contribution in [2.45, 2.75) is 91.1 Å². The van der Waals surface area contributed by atoms with Gasteiger partial charge in [-0.05, 0) is 146 Å². The number of carboxylic acid groups (broad SMARTS) is 2. The van der Waals surface area contributed by atoms with Crippen LogP contribution >= 0.6 is 31.9 Å². The lowest BCUT2D eigenvalue weighted by Crippen LogP contribution is -2.28. The van der Waals surface area contributed by atoms with Gasteiger partial charge in [-0.3, -0.25) is 9.59 Å². The molecule has 6 aromatic rings. The summed E-state index contributed by atoms with van der Waals surface area (Å²) in [6, 6.07) is 27.1. The summed E-state index contributed by atoms with van der Waals surface area (Å²) in [6.45, 7) is 4.24. The smallest absolute Gasteiger partial charge is 0.306 e. The predicted octanol–water partition coefficient (Wildman–Crippen LogP) is 9.71. The highest BCUT2D eigenvalue weighted by Crippen LogP contribution is 2.36. The van der Waals surface area contributed by atoms with Crippen LogP contribution in [0, 0.1) is 48.1 Å². The number of nitrogens with one attached hydrogen (secondary N) is 1. The summed E-state index contributed by atoms with van der Waals surface area (Å²) >= 11 is 7.14. The molecule has 5 N–H and O–H groups in total. The van der Waals surface area contributed by atoms with Gasteiger partial charge in [0.25, 0.3) is 0 Å². The van der Waals surface area contributed by atoms with Crippen LogP contribution in [0.1, 0.15) is 81.3 Å². The topological polar surface area (TPSA) is 237 Å². The van der Waals surface area contributed by atoms with Crippen molar-refractivity contribution in [1.82, 2.24) is 15.3 Å². The zero-order chi connectivity index (χ0) is 51.9. The van der Waals surface area contributed by atoms with Crippen LogP contribution in [-0.4, -0.2) is 61.1 Å². The third kappa shape index (κ3) is 15.0. The standard InChI is InChI=1S/C53H49Br2F2N5O10/c1-30-35(28-71-52-44(54)18-34(6-3-9-40(63)20-48(65)66)50(61-52)69-26-32-12-14-46(56)37(16-32)22-58)7-4-10-42(30)43-11-5-8-36(31(43)2)29-72-53-45(55)19-39(24-60-25-41(64)21-49(67)68)51(62-53)70-27-33-13-15-47(57)38(17-33)23-59/h4-5,7-8,10-19,40-41,60,63-64H,3,6,9,20-21,24-29H2,1-2H3,(H,65,66)(H,67,68)/t40-,41+/m1/s1. The molecule has 0 radical (unpaired) electrons. The Morgan fingerprint density at radius 3 is 1.58 bits per heavy atom. The van der Waals surface area contributed by atoms with E-state index in [2.05, 4.69) is 42.2 Å². The van der Waals surface area contributed by atoms with Gasteiger partial charge in [-0.2, -0.15) is 20.5 Å². The number of nitrogens with zero attached hydrogens (tertiary/aromatic N) is 4. The Labute approximate surface area is 430 Å². The zero-order valence-electron chi connectivity index (χ0n) is 39.1. The van der Waals surface area contributed by atoms with Gasteiger partial charge in [-0.1, -0.05) is 48.5 Å². The molecule has 0 aliphatic carbocycles. The van der Waals surface area contributed by atoms with Crippen molar-refractivity contribution in [3.63, 3.8) is 0 Å². The van der Waals surface area contributed by atoms with Gasteiger partial charge in [-0.25, -0.2) is 8.78 Å². The Morgan fingerprint density at radius 1 is 0.639 bits per heavy atom. The summed E-state index contributed by atoms with van der Waals surface area (Å²) in [5.41, 5.74) is 7.51. The number of benzene rings is 4. The van der Waals surface area contributed by atoms with Crippen LogP contribution in [-0.2, 0) is 49.0 Å². The predicted molar refractivity (Wildman–Crippen MR) is 266 cm³/mol. The number of aliphatic hydroxyl groups excluding tert-OH is 2. The number of carbonyl (C=O) groups is 2. The minimum absolute atomic E-state index is 0.0163. The number of halogens is 4. The highest BCUT2D eigenvalue weighted by molar-refractivity contribution is 9.10. The van der Waals surface area contributed by atoms with Crippen LogP contribution in [0.3, 0.4) is 0 Å². The molecule has 15 nitrogen and oxygen atoms in total. The maximum atomic E-state index is 14.1. The van der Waals surface area contributed by atoms with Gasteiger partial charge in [0.15, 0.2) is 0 Å². The van der Waals surface area contributed by atoms with E-state index in [1.54, 1.807) is 12.1 Å². The van der Waals surface area contributed by atoms with Gasteiger partial charge < -0.3 is 44.7 Å². The van der Waals surface area contributed by atoms with E-state index >= 15 is 0 Å². The first-order chi connectivity index (χ1) is 34.5. The molecule has 0 saturated carbocycles. The minimum atomic E-state index is -1.14. The van der Waals surface area contributed by atoms with Crippen molar-refractivity contribution in [3.05, 3.63) is 161 Å². The highest BCUT2D eigenvalue weighted by Gasteiger charge is 2.20. The van der Waals surface area contributed by atoms with Gasteiger partial charge in [0.1, 0.15) is 50.2 Å². The molecule has 72 heavy (non-hydrogen) atoms. The molecule has 6 rings (SSSR count). The molecule has 0 spiro atoms. The van der Waals surface area contributed by atoms with Crippen LogP contribution in [0.2, 0.25) is 0 Å². The molecule has 0 bridgehead atoms. The molecule has 2 aromatic heterocycles. The largest absolute Gasteiger partial charge is 0.481 e. The van der Waals surface area contributed by atoms with Gasteiger partial charge in [-0.15, -0.1) is 0 Å². The van der Waals surface area contributed by atoms with Crippen molar-refractivity contribution in [2.24, 2.45) is 0 Å². The highest BCUT2D eigenvalue weighted by atomic mass is 79.9. The SMILES string of the molecule is Cc1c(COc2nc(OCc3ccc(F)c(C#N)c3)c(CCC[C@@H](O)CC(=O)O)cc2Br)cccc1-c1cccc(COc2nc(OCc3ccc(F)c(C#N)c3)c(CNC[C@@H](O)CC(=O)O)cc2Br)c1C. The Hall–Kier alpha value is -7.00. The molecule has 0 aliphatic rings. The maximum Gasteiger partial charge on any atom is 0.306 e. The summed E-state index contributed by atoms with van der Waals surface area (Å²) in [5, 5.41) is 60.0. The molecule has 2 atom stereocenters. The van der Waals surface area contributed by atoms with Crippen molar-refractivity contribution in [3.8, 4) is 46.8 Å². The molecule has 0 fully saturated rings. The molecule has 0 amide bonds. The summed E-state index contributed by atoms with van der Waals surface area (Å²) in [7, 11) is 0. The quantitative estimate of drug-likeness (QED) is 0.0359. The third-order valence-electron chi connectivity index (χ3n) is 11.4. The van der Waals surface area contributed by atoms with E-state index in [4.69, 9.17) is 34.1 Å². The van der Waals surface area contributed by atoms with E-state index in [9.17, 15) is 39.1 Å². The van der Waals surface area contributed by atoms with E-state index in [1.807, 2.05) is 62.4 Å². The monoisotopic (exact) mass is 1110 g/mol. The summed E-state index contributed by atoms with van der Waals surface area (Å²) in [5.74, 6) is -2.74. The Balaban J connectivity index is 1.19. The molecule has 19 heteroatoms. The van der Waals surface area contributed by atoms with Gasteiger partial charge in [0.05, 0.1) is 45.1 Å². The van der Waals surface area contributed by atoms with Crippen molar-refractivity contribution < 1.29 is 57.7 Å². The number of rotatable bonds is 25. The second-order valence-corrected chi connectivity index (χ2v) is 18.4. The third-order valence-corrected chi connectivity index (χ3v) is 12.6. The number of hydrogen-bond acceptors (Lipinski definition) is 13. The van der Waals surface area contributed by atoms with Crippen LogP contribution < -0.4 is 24.3 Å². The van der Waals surface area contributed by atoms with Crippen LogP contribution in [0.4, 0.5) is 8.78 Å². The molecule has 374 valence electrons. The molecule has 0 aliphatic heterocycles. The lowest BCUT2D eigenvalue weighted by molar-refractivity contribution is -0.140. The summed E-state index contributed by atoms with van der Waals surface area (Å²) in [4.78, 5) is 31.5. The number of aliphatic hydroxyl groups is 2. The molecule has 0 unspecified atom stereocenters. The fraction of sp³-hybridized carbons (Fsp3) is 0.283. The Morgan fingerprint density at radius 2 is 1.10 bits per heavy atom.